The highest BCUT2D eigenvalue weighted by molar-refractivity contribution is 6.20. The molecule has 6 heteroatoms. The van der Waals surface area contributed by atoms with Crippen molar-refractivity contribution < 1.29 is 18.0 Å². The summed E-state index contributed by atoms with van der Waals surface area (Å²) in [6, 6.07) is 21.6. The van der Waals surface area contributed by atoms with E-state index in [1.807, 2.05) is 42.5 Å². The molecule has 2 aliphatic heterocycles. The predicted octanol–water partition coefficient (Wildman–Crippen LogP) is 5.41. The first-order valence-corrected chi connectivity index (χ1v) is 9.16. The normalized spacial score (nSPS) is 20.4. The molecule has 0 aliphatic carbocycles. The molecular weight excluding hydrogens is 377 g/mol. The van der Waals surface area contributed by atoms with Gasteiger partial charge in [-0.3, -0.25) is 4.79 Å². The summed E-state index contributed by atoms with van der Waals surface area (Å²) in [6.07, 6.45) is -4.24. The van der Waals surface area contributed by atoms with Gasteiger partial charge in [-0.25, -0.2) is 5.01 Å². The number of Topliss-reactive ketones (excluding diaryl/α,β-unsaturated/α-hetero) is 1. The van der Waals surface area contributed by atoms with E-state index < -0.39 is 17.3 Å². The van der Waals surface area contributed by atoms with Crippen molar-refractivity contribution >= 4 is 17.2 Å². The van der Waals surface area contributed by atoms with E-state index in [1.165, 1.54) is 6.07 Å². The maximum Gasteiger partial charge on any atom is 0.416 e. The molecule has 0 saturated carbocycles. The Morgan fingerprint density at radius 2 is 1.62 bits per heavy atom. The molecule has 0 aromatic heterocycles. The Morgan fingerprint density at radius 3 is 2.38 bits per heavy atom. The van der Waals surface area contributed by atoms with Gasteiger partial charge in [0.1, 0.15) is 0 Å². The maximum absolute atomic E-state index is 13.5. The topological polar surface area (TPSA) is 32.7 Å². The van der Waals surface area contributed by atoms with Crippen LogP contribution >= 0.6 is 0 Å². The van der Waals surface area contributed by atoms with Gasteiger partial charge in [0.05, 0.1) is 17.0 Å². The third kappa shape index (κ3) is 2.52. The molecule has 1 unspecified atom stereocenters. The summed E-state index contributed by atoms with van der Waals surface area (Å²) in [6.45, 7) is 0. The number of alkyl halides is 3. The lowest BCUT2D eigenvalue weighted by Crippen LogP contribution is -2.42. The van der Waals surface area contributed by atoms with Crippen LogP contribution in [0.3, 0.4) is 0 Å². The van der Waals surface area contributed by atoms with Gasteiger partial charge in [0, 0.05) is 12.0 Å². The Kier molecular flexibility index (Phi) is 3.68. The summed E-state index contributed by atoms with van der Waals surface area (Å²) < 4.78 is 39.5. The van der Waals surface area contributed by atoms with Crippen LogP contribution in [0.4, 0.5) is 18.9 Å². The number of fused-ring (bicyclic) bond motifs is 3. The van der Waals surface area contributed by atoms with Crippen molar-refractivity contribution in [1.82, 2.24) is 0 Å². The van der Waals surface area contributed by atoms with Gasteiger partial charge in [0.2, 0.25) is 0 Å². The van der Waals surface area contributed by atoms with E-state index in [0.717, 1.165) is 17.7 Å². The SMILES string of the molecule is O=C1c2ccccc2N2N=C(c3cccc(C(F)(F)F)c3)CC12c1ccccc1. The highest BCUT2D eigenvalue weighted by atomic mass is 19.4. The van der Waals surface area contributed by atoms with Crippen LogP contribution in [0.15, 0.2) is 84.0 Å². The van der Waals surface area contributed by atoms with Crippen LogP contribution in [0, 0.1) is 0 Å². The van der Waals surface area contributed by atoms with Crippen LogP contribution in [0.2, 0.25) is 0 Å². The highest BCUT2D eigenvalue weighted by Gasteiger charge is 2.56. The van der Waals surface area contributed by atoms with Crippen molar-refractivity contribution in [1.29, 1.82) is 0 Å². The fourth-order valence-corrected chi connectivity index (χ4v) is 4.17. The van der Waals surface area contributed by atoms with Gasteiger partial charge in [-0.05, 0) is 35.4 Å². The lowest BCUT2D eigenvalue weighted by Gasteiger charge is -2.30. The maximum atomic E-state index is 13.5. The number of hydrazone groups is 1. The van der Waals surface area contributed by atoms with Gasteiger partial charge in [-0.2, -0.15) is 18.3 Å². The molecule has 3 aromatic carbocycles. The second-order valence-electron chi connectivity index (χ2n) is 7.19. The second-order valence-corrected chi connectivity index (χ2v) is 7.19. The molecule has 2 aliphatic rings. The van der Waals surface area contributed by atoms with Crippen LogP contribution < -0.4 is 5.01 Å². The third-order valence-corrected chi connectivity index (χ3v) is 5.53. The standard InChI is InChI=1S/C23H15F3N2O/c24-23(25,26)17-10-6-7-15(13-17)19-14-22(16-8-2-1-3-9-16)21(29)18-11-4-5-12-20(18)28(22)27-19/h1-13H,14H2. The molecule has 1 atom stereocenters. The predicted molar refractivity (Wildman–Crippen MR) is 104 cm³/mol. The molecule has 0 amide bonds. The van der Waals surface area contributed by atoms with E-state index in [1.54, 1.807) is 23.2 Å². The van der Waals surface area contributed by atoms with Gasteiger partial charge in [-0.1, -0.05) is 54.6 Å². The Morgan fingerprint density at radius 1 is 0.897 bits per heavy atom. The number of rotatable bonds is 2. The van der Waals surface area contributed by atoms with E-state index in [9.17, 15) is 18.0 Å². The van der Waals surface area contributed by atoms with Crippen LogP contribution in [0.5, 0.6) is 0 Å². The molecule has 5 rings (SSSR count). The Bertz CT molecular complexity index is 1150. The molecule has 29 heavy (non-hydrogen) atoms. The number of carbonyl (C=O) groups is 1. The van der Waals surface area contributed by atoms with E-state index in [-0.39, 0.29) is 12.2 Å². The summed E-state index contributed by atoms with van der Waals surface area (Å²) in [5.41, 5.74) is 1.04. The number of anilines is 1. The molecule has 2 heterocycles. The molecule has 144 valence electrons. The lowest BCUT2D eigenvalue weighted by atomic mass is 9.81. The second kappa shape index (κ2) is 6.04. The van der Waals surface area contributed by atoms with Crippen LogP contribution in [0.1, 0.15) is 33.5 Å². The van der Waals surface area contributed by atoms with Gasteiger partial charge in [0.15, 0.2) is 11.3 Å². The zero-order valence-corrected chi connectivity index (χ0v) is 15.1. The number of hydrogen-bond acceptors (Lipinski definition) is 3. The van der Waals surface area contributed by atoms with Crippen LogP contribution in [-0.2, 0) is 11.7 Å². The Labute approximate surface area is 165 Å². The van der Waals surface area contributed by atoms with E-state index in [4.69, 9.17) is 0 Å². The van der Waals surface area contributed by atoms with Crippen molar-refractivity contribution in [3.63, 3.8) is 0 Å². The molecule has 3 aromatic rings. The van der Waals surface area contributed by atoms with Gasteiger partial charge >= 0.3 is 6.18 Å². The average Bonchev–Trinajstić information content (AvgIpc) is 3.24. The summed E-state index contributed by atoms with van der Waals surface area (Å²) in [4.78, 5) is 13.5. The molecule has 3 nitrogen and oxygen atoms in total. The largest absolute Gasteiger partial charge is 0.416 e. The average molecular weight is 392 g/mol. The molecule has 0 bridgehead atoms. The Balaban J connectivity index is 1.68. The zero-order valence-electron chi connectivity index (χ0n) is 15.1. The molecule has 0 spiro atoms. The summed E-state index contributed by atoms with van der Waals surface area (Å²) in [5.74, 6) is -0.0926. The zero-order chi connectivity index (χ0) is 20.2. The lowest BCUT2D eigenvalue weighted by molar-refractivity contribution is -0.137. The summed E-state index contributed by atoms with van der Waals surface area (Å²) >= 11 is 0. The van der Waals surface area contributed by atoms with Crippen LogP contribution in [0.25, 0.3) is 0 Å². The van der Waals surface area contributed by atoms with E-state index >= 15 is 0 Å². The number of nitrogens with zero attached hydrogens (tertiary/aromatic N) is 2. The first-order valence-electron chi connectivity index (χ1n) is 9.16. The van der Waals surface area contributed by atoms with E-state index in [2.05, 4.69) is 5.10 Å². The number of ketones is 1. The Hall–Kier alpha value is -3.41. The monoisotopic (exact) mass is 392 g/mol. The highest BCUT2D eigenvalue weighted by Crippen LogP contribution is 2.51. The summed E-state index contributed by atoms with van der Waals surface area (Å²) in [5, 5.41) is 6.32. The number of benzene rings is 3. The number of halogens is 3. The minimum absolute atomic E-state index is 0.0926. The fraction of sp³-hybridized carbons (Fsp3) is 0.130. The first-order chi connectivity index (χ1) is 13.9. The molecular formula is C23H15F3N2O. The number of hydrogen-bond donors (Lipinski definition) is 0. The van der Waals surface area contributed by atoms with Gasteiger partial charge < -0.3 is 0 Å². The molecule has 0 radical (unpaired) electrons. The van der Waals surface area contributed by atoms with Crippen molar-refractivity contribution in [3.05, 3.63) is 101 Å². The van der Waals surface area contributed by atoms with Gasteiger partial charge in [0.25, 0.3) is 0 Å². The van der Waals surface area contributed by atoms with Crippen molar-refractivity contribution in [3.8, 4) is 0 Å². The number of carbonyl (C=O) groups excluding carboxylic acids is 1. The fourth-order valence-electron chi connectivity index (χ4n) is 4.17. The van der Waals surface area contributed by atoms with Crippen molar-refractivity contribution in [2.45, 2.75) is 18.1 Å². The molecule has 0 saturated heterocycles. The van der Waals surface area contributed by atoms with Crippen molar-refractivity contribution in [2.75, 3.05) is 5.01 Å². The van der Waals surface area contributed by atoms with Crippen LogP contribution in [-0.4, -0.2) is 11.5 Å². The molecule has 0 fully saturated rings. The summed E-state index contributed by atoms with van der Waals surface area (Å²) in [7, 11) is 0. The molecule has 0 N–H and O–H groups in total. The third-order valence-electron chi connectivity index (χ3n) is 5.53. The first kappa shape index (κ1) is 17.7. The van der Waals surface area contributed by atoms with E-state index in [0.29, 0.717) is 22.5 Å². The van der Waals surface area contributed by atoms with Crippen molar-refractivity contribution in [2.24, 2.45) is 5.10 Å². The van der Waals surface area contributed by atoms with Gasteiger partial charge in [-0.15, -0.1) is 0 Å². The number of para-hydroxylation sites is 1. The minimum Gasteiger partial charge on any atom is -0.291 e. The smallest absolute Gasteiger partial charge is 0.291 e. The quantitative estimate of drug-likeness (QED) is 0.584. The minimum atomic E-state index is -4.44.